The molecule has 0 saturated heterocycles. The van der Waals surface area contributed by atoms with Crippen LogP contribution < -0.4 is 16.3 Å². The van der Waals surface area contributed by atoms with E-state index >= 15 is 0 Å². The highest BCUT2D eigenvalue weighted by Gasteiger charge is 2.17. The minimum absolute atomic E-state index is 0.195. The molecular formula is C15H15N5O3. The molecule has 3 rings (SSSR count). The fourth-order valence-electron chi connectivity index (χ4n) is 2.29. The third-order valence-electron chi connectivity index (χ3n) is 3.48. The number of hydrogen-bond donors (Lipinski definition) is 3. The number of carbonyl (C=O) groups is 2. The molecule has 1 aromatic carbocycles. The summed E-state index contributed by atoms with van der Waals surface area (Å²) in [5.41, 5.74) is 3.00. The van der Waals surface area contributed by atoms with Crippen molar-refractivity contribution in [3.05, 3.63) is 40.4 Å². The Kier molecular flexibility index (Phi) is 4.13. The average molecular weight is 313 g/mol. The van der Waals surface area contributed by atoms with Crippen molar-refractivity contribution in [1.82, 2.24) is 20.7 Å². The number of H-pyrrole nitrogens is 1. The summed E-state index contributed by atoms with van der Waals surface area (Å²) in [7, 11) is 0. The molecule has 1 aliphatic heterocycles. The van der Waals surface area contributed by atoms with Crippen LogP contribution in [0.3, 0.4) is 0 Å². The maximum atomic E-state index is 11.9. The molecule has 0 unspecified atom stereocenters. The van der Waals surface area contributed by atoms with Crippen molar-refractivity contribution in [1.29, 1.82) is 0 Å². The first-order valence-corrected chi connectivity index (χ1v) is 7.25. The van der Waals surface area contributed by atoms with E-state index in [1.807, 2.05) is 6.07 Å². The van der Waals surface area contributed by atoms with Gasteiger partial charge in [-0.2, -0.15) is 5.10 Å². The van der Waals surface area contributed by atoms with Gasteiger partial charge in [0.25, 0.3) is 11.5 Å². The summed E-state index contributed by atoms with van der Waals surface area (Å²) in [5.74, 6) is -0.0134. The van der Waals surface area contributed by atoms with Gasteiger partial charge in [0.05, 0.1) is 10.9 Å². The van der Waals surface area contributed by atoms with Gasteiger partial charge in [0.1, 0.15) is 11.5 Å². The van der Waals surface area contributed by atoms with Gasteiger partial charge in [-0.3, -0.25) is 14.4 Å². The first-order valence-electron chi connectivity index (χ1n) is 7.25. The number of nitrogens with zero attached hydrogens (tertiary/aromatic N) is 2. The molecule has 0 spiro atoms. The molecule has 23 heavy (non-hydrogen) atoms. The van der Waals surface area contributed by atoms with E-state index in [9.17, 15) is 14.4 Å². The second-order valence-corrected chi connectivity index (χ2v) is 5.13. The maximum absolute atomic E-state index is 11.9. The molecule has 0 atom stereocenters. The van der Waals surface area contributed by atoms with Crippen molar-refractivity contribution in [3.8, 4) is 0 Å². The topological polar surface area (TPSA) is 116 Å². The van der Waals surface area contributed by atoms with E-state index in [2.05, 4.69) is 25.8 Å². The Bertz CT molecular complexity index is 856. The minimum atomic E-state index is -0.326. The van der Waals surface area contributed by atoms with E-state index in [1.165, 1.54) is 0 Å². The molecule has 0 aliphatic carbocycles. The lowest BCUT2D eigenvalue weighted by Crippen LogP contribution is -2.37. The largest absolute Gasteiger partial charge is 0.350 e. The first-order chi connectivity index (χ1) is 11.1. The van der Waals surface area contributed by atoms with Crippen LogP contribution in [0.15, 0.2) is 34.2 Å². The quantitative estimate of drug-likeness (QED) is 0.727. The molecule has 118 valence electrons. The number of fused-ring (bicyclic) bond motifs is 1. The molecule has 0 bridgehead atoms. The standard InChI is InChI=1S/C15H15N5O3/c21-13-6-5-11(19-20-13)15(23)16-8-7-12-17-10-4-2-1-3-9(10)14(22)18-12/h1-4H,5-8H2,(H,16,23)(H,20,21)(H,17,18,22). The number of para-hydroxylation sites is 1. The van der Waals surface area contributed by atoms with Gasteiger partial charge in [0.15, 0.2) is 0 Å². The number of aromatic nitrogens is 2. The molecule has 3 N–H and O–H groups in total. The van der Waals surface area contributed by atoms with E-state index in [-0.39, 0.29) is 23.8 Å². The van der Waals surface area contributed by atoms with Crippen LogP contribution in [0, 0.1) is 0 Å². The number of hydrogen-bond acceptors (Lipinski definition) is 5. The number of carbonyl (C=O) groups excluding carboxylic acids is 2. The fourth-order valence-corrected chi connectivity index (χ4v) is 2.29. The summed E-state index contributed by atoms with van der Waals surface area (Å²) in [6, 6.07) is 7.08. The van der Waals surface area contributed by atoms with Crippen LogP contribution in [0.25, 0.3) is 10.9 Å². The zero-order chi connectivity index (χ0) is 16.2. The summed E-state index contributed by atoms with van der Waals surface area (Å²) in [4.78, 5) is 41.9. The van der Waals surface area contributed by atoms with Crippen LogP contribution in [-0.2, 0) is 16.0 Å². The van der Waals surface area contributed by atoms with Crippen LogP contribution in [0.4, 0.5) is 0 Å². The summed E-state index contributed by atoms with van der Waals surface area (Å²) in [6.07, 6.45) is 0.972. The molecule has 1 aliphatic rings. The van der Waals surface area contributed by atoms with E-state index in [1.54, 1.807) is 18.2 Å². The van der Waals surface area contributed by atoms with Gasteiger partial charge < -0.3 is 10.3 Å². The van der Waals surface area contributed by atoms with Gasteiger partial charge in [-0.1, -0.05) is 12.1 Å². The van der Waals surface area contributed by atoms with Gasteiger partial charge in [0, 0.05) is 25.8 Å². The highest BCUT2D eigenvalue weighted by atomic mass is 16.2. The Hall–Kier alpha value is -3.03. The number of benzene rings is 1. The van der Waals surface area contributed by atoms with Crippen LogP contribution in [0.5, 0.6) is 0 Å². The molecule has 0 saturated carbocycles. The summed E-state index contributed by atoms with van der Waals surface area (Å²) >= 11 is 0. The molecule has 2 heterocycles. The number of aromatic amines is 1. The second-order valence-electron chi connectivity index (χ2n) is 5.13. The third-order valence-corrected chi connectivity index (χ3v) is 3.48. The predicted octanol–water partition coefficient (Wildman–Crippen LogP) is -0.152. The summed E-state index contributed by atoms with van der Waals surface area (Å²) in [5, 5.41) is 6.96. The Balaban J connectivity index is 1.62. The Morgan fingerprint density at radius 1 is 1.22 bits per heavy atom. The molecule has 8 nitrogen and oxygen atoms in total. The lowest BCUT2D eigenvalue weighted by atomic mass is 10.1. The smallest absolute Gasteiger partial charge is 0.267 e. The molecular weight excluding hydrogens is 298 g/mol. The maximum Gasteiger partial charge on any atom is 0.267 e. The Labute approximate surface area is 131 Å². The van der Waals surface area contributed by atoms with Gasteiger partial charge >= 0.3 is 0 Å². The molecule has 0 fully saturated rings. The van der Waals surface area contributed by atoms with Crippen molar-refractivity contribution in [3.63, 3.8) is 0 Å². The van der Waals surface area contributed by atoms with Gasteiger partial charge in [-0.25, -0.2) is 10.4 Å². The predicted molar refractivity (Wildman–Crippen MR) is 83.9 cm³/mol. The number of hydrazone groups is 1. The molecule has 8 heteroatoms. The van der Waals surface area contributed by atoms with Gasteiger partial charge in [0.2, 0.25) is 5.91 Å². The van der Waals surface area contributed by atoms with Gasteiger partial charge in [-0.15, -0.1) is 0 Å². The van der Waals surface area contributed by atoms with E-state index in [0.29, 0.717) is 41.8 Å². The number of amides is 2. The van der Waals surface area contributed by atoms with Crippen LogP contribution in [-0.4, -0.2) is 34.0 Å². The summed E-state index contributed by atoms with van der Waals surface area (Å²) < 4.78 is 0. The molecule has 2 amide bonds. The number of rotatable bonds is 4. The second kappa shape index (κ2) is 6.39. The zero-order valence-electron chi connectivity index (χ0n) is 12.3. The number of nitrogens with one attached hydrogen (secondary N) is 3. The highest BCUT2D eigenvalue weighted by Crippen LogP contribution is 2.05. The third kappa shape index (κ3) is 3.42. The van der Waals surface area contributed by atoms with Gasteiger partial charge in [-0.05, 0) is 12.1 Å². The van der Waals surface area contributed by atoms with Crippen LogP contribution >= 0.6 is 0 Å². The monoisotopic (exact) mass is 313 g/mol. The lowest BCUT2D eigenvalue weighted by Gasteiger charge is -2.11. The first kappa shape index (κ1) is 14.9. The average Bonchev–Trinajstić information content (AvgIpc) is 2.55. The van der Waals surface area contributed by atoms with Crippen molar-refractivity contribution in [2.24, 2.45) is 5.10 Å². The molecule has 2 aromatic rings. The van der Waals surface area contributed by atoms with E-state index in [0.717, 1.165) is 0 Å². The van der Waals surface area contributed by atoms with E-state index in [4.69, 9.17) is 0 Å². The van der Waals surface area contributed by atoms with Crippen molar-refractivity contribution in [2.45, 2.75) is 19.3 Å². The SMILES string of the molecule is O=C1CCC(C(=O)NCCc2nc3ccccc3c(=O)[nH]2)=NN1. The normalized spacial score (nSPS) is 14.3. The lowest BCUT2D eigenvalue weighted by molar-refractivity contribution is -0.121. The van der Waals surface area contributed by atoms with Crippen molar-refractivity contribution in [2.75, 3.05) is 6.54 Å². The van der Waals surface area contributed by atoms with Crippen LogP contribution in [0.2, 0.25) is 0 Å². The molecule has 0 radical (unpaired) electrons. The highest BCUT2D eigenvalue weighted by molar-refractivity contribution is 6.39. The minimum Gasteiger partial charge on any atom is -0.350 e. The summed E-state index contributed by atoms with van der Waals surface area (Å²) in [6.45, 7) is 0.313. The van der Waals surface area contributed by atoms with E-state index < -0.39 is 0 Å². The molecule has 1 aromatic heterocycles. The van der Waals surface area contributed by atoms with Crippen LogP contribution in [0.1, 0.15) is 18.7 Å². The Morgan fingerprint density at radius 2 is 2.04 bits per heavy atom. The fraction of sp³-hybridized carbons (Fsp3) is 0.267. The van der Waals surface area contributed by atoms with Crippen molar-refractivity contribution >= 4 is 28.4 Å². The Morgan fingerprint density at radius 3 is 2.83 bits per heavy atom. The zero-order valence-corrected chi connectivity index (χ0v) is 12.3. The van der Waals surface area contributed by atoms with Crippen molar-refractivity contribution < 1.29 is 9.59 Å².